The van der Waals surface area contributed by atoms with Gasteiger partial charge < -0.3 is 15.4 Å². The summed E-state index contributed by atoms with van der Waals surface area (Å²) in [6.45, 7) is 2.57. The molecule has 0 aromatic heterocycles. The highest BCUT2D eigenvalue weighted by molar-refractivity contribution is 6.00. The predicted octanol–water partition coefficient (Wildman–Crippen LogP) is 1.12. The Balaban J connectivity index is 1.75. The molecular weight excluding hydrogens is 350 g/mol. The van der Waals surface area contributed by atoms with Crippen molar-refractivity contribution in [2.24, 2.45) is 0 Å². The van der Waals surface area contributed by atoms with Gasteiger partial charge in [0.05, 0.1) is 0 Å². The lowest BCUT2D eigenvalue weighted by Crippen LogP contribution is -2.42. The Morgan fingerprint density at radius 1 is 1.00 bits per heavy atom. The van der Waals surface area contributed by atoms with E-state index in [9.17, 15) is 19.2 Å². The van der Waals surface area contributed by atoms with Crippen molar-refractivity contribution >= 4 is 34.6 Å². The molecule has 8 heteroatoms. The summed E-state index contributed by atoms with van der Waals surface area (Å²) in [5.41, 5.74) is 0.401. The molecule has 0 saturated carbocycles. The van der Waals surface area contributed by atoms with Gasteiger partial charge >= 0.3 is 12.0 Å². The van der Waals surface area contributed by atoms with Gasteiger partial charge in [-0.2, -0.15) is 0 Å². The van der Waals surface area contributed by atoms with Gasteiger partial charge in [0.25, 0.3) is 11.8 Å². The maximum absolute atomic E-state index is 12.1. The fourth-order valence-corrected chi connectivity index (χ4v) is 2.15. The summed E-state index contributed by atoms with van der Waals surface area (Å²) in [6, 6.07) is 12.0. The molecule has 0 aliphatic heterocycles. The average Bonchev–Trinajstić information content (AvgIpc) is 2.68. The number of hydrogen-bond acceptors (Lipinski definition) is 5. The van der Waals surface area contributed by atoms with E-state index in [-0.39, 0.29) is 6.54 Å². The molecule has 0 aliphatic rings. The first-order valence-corrected chi connectivity index (χ1v) is 8.11. The van der Waals surface area contributed by atoms with E-state index in [4.69, 9.17) is 4.74 Å². The smallest absolute Gasteiger partial charge is 0.325 e. The lowest BCUT2D eigenvalue weighted by Gasteiger charge is -2.08. The van der Waals surface area contributed by atoms with Crippen LogP contribution in [0.3, 0.4) is 0 Å². The van der Waals surface area contributed by atoms with Crippen LogP contribution in [0.25, 0.3) is 10.8 Å². The molecule has 0 atom stereocenters. The molecule has 0 fully saturated rings. The van der Waals surface area contributed by atoms with Gasteiger partial charge in [-0.05, 0) is 22.9 Å². The minimum atomic E-state index is -0.800. The summed E-state index contributed by atoms with van der Waals surface area (Å²) in [6.07, 6.45) is 1.45. The fourth-order valence-electron chi connectivity index (χ4n) is 2.15. The Kier molecular flexibility index (Phi) is 7.07. The second-order valence-electron chi connectivity index (χ2n) is 5.45. The molecule has 8 nitrogen and oxygen atoms in total. The van der Waals surface area contributed by atoms with Crippen molar-refractivity contribution < 1.29 is 23.9 Å². The monoisotopic (exact) mass is 369 g/mol. The standard InChI is InChI=1S/C19H19N3O5/c1-2-9-20-19(26)22-16(23)12-27-17(24)11-21-18(25)15-8-7-13-5-3-4-6-14(13)10-15/h2-8,10H,1,9,11-12H2,(H,21,25)(H2,20,22,23,26). The van der Waals surface area contributed by atoms with Crippen LogP contribution in [0.1, 0.15) is 10.4 Å². The van der Waals surface area contributed by atoms with Gasteiger partial charge in [0.2, 0.25) is 0 Å². The van der Waals surface area contributed by atoms with E-state index < -0.39 is 37.0 Å². The molecule has 2 aromatic carbocycles. The second-order valence-corrected chi connectivity index (χ2v) is 5.45. The summed E-state index contributed by atoms with van der Waals surface area (Å²) in [7, 11) is 0. The van der Waals surface area contributed by atoms with Gasteiger partial charge in [0.15, 0.2) is 6.61 Å². The van der Waals surface area contributed by atoms with Crippen LogP contribution in [0.4, 0.5) is 4.79 Å². The number of benzene rings is 2. The zero-order valence-electron chi connectivity index (χ0n) is 14.5. The number of ether oxygens (including phenoxy) is 1. The van der Waals surface area contributed by atoms with Gasteiger partial charge in [-0.15, -0.1) is 6.58 Å². The number of esters is 1. The molecule has 0 bridgehead atoms. The highest BCUT2D eigenvalue weighted by Crippen LogP contribution is 2.15. The number of amides is 4. The van der Waals surface area contributed by atoms with Crippen LogP contribution in [0.5, 0.6) is 0 Å². The van der Waals surface area contributed by atoms with Crippen molar-refractivity contribution in [2.75, 3.05) is 19.7 Å². The fraction of sp³-hybridized carbons (Fsp3) is 0.158. The van der Waals surface area contributed by atoms with Gasteiger partial charge in [0.1, 0.15) is 6.54 Å². The molecule has 2 aromatic rings. The van der Waals surface area contributed by atoms with E-state index in [1.807, 2.05) is 35.6 Å². The summed E-state index contributed by atoms with van der Waals surface area (Å²) >= 11 is 0. The Morgan fingerprint density at radius 3 is 2.48 bits per heavy atom. The largest absolute Gasteiger partial charge is 0.454 e. The Bertz CT molecular complexity index is 879. The molecule has 140 valence electrons. The Hall–Kier alpha value is -3.68. The van der Waals surface area contributed by atoms with E-state index >= 15 is 0 Å². The Morgan fingerprint density at radius 2 is 1.74 bits per heavy atom. The van der Waals surface area contributed by atoms with Crippen LogP contribution >= 0.6 is 0 Å². The third kappa shape index (κ3) is 6.28. The number of urea groups is 1. The van der Waals surface area contributed by atoms with Crippen LogP contribution in [0.2, 0.25) is 0 Å². The molecule has 3 N–H and O–H groups in total. The first-order chi connectivity index (χ1) is 13.0. The maximum Gasteiger partial charge on any atom is 0.325 e. The lowest BCUT2D eigenvalue weighted by atomic mass is 10.1. The molecular formula is C19H19N3O5. The SMILES string of the molecule is C=CCNC(=O)NC(=O)COC(=O)CNC(=O)c1ccc2ccccc2c1. The molecule has 0 heterocycles. The summed E-state index contributed by atoms with van der Waals surface area (Å²) < 4.78 is 4.70. The van der Waals surface area contributed by atoms with Crippen molar-refractivity contribution in [3.05, 3.63) is 60.7 Å². The van der Waals surface area contributed by atoms with E-state index in [0.717, 1.165) is 10.8 Å². The molecule has 0 saturated heterocycles. The Labute approximate surface area is 155 Å². The van der Waals surface area contributed by atoms with Crippen LogP contribution in [0.15, 0.2) is 55.1 Å². The predicted molar refractivity (Wildman–Crippen MR) is 99.0 cm³/mol. The first-order valence-electron chi connectivity index (χ1n) is 8.11. The van der Waals surface area contributed by atoms with Gasteiger partial charge in [-0.3, -0.25) is 19.7 Å². The first kappa shape index (κ1) is 19.6. The normalized spacial score (nSPS) is 9.93. The summed E-state index contributed by atoms with van der Waals surface area (Å²) in [4.78, 5) is 46.4. The number of rotatable bonds is 7. The van der Waals surface area contributed by atoms with Gasteiger partial charge in [0, 0.05) is 12.1 Å². The lowest BCUT2D eigenvalue weighted by molar-refractivity contribution is -0.147. The van der Waals surface area contributed by atoms with Crippen LogP contribution in [-0.4, -0.2) is 43.5 Å². The van der Waals surface area contributed by atoms with Crippen LogP contribution in [-0.2, 0) is 14.3 Å². The zero-order valence-corrected chi connectivity index (χ0v) is 14.5. The third-order valence-electron chi connectivity index (χ3n) is 3.43. The minimum Gasteiger partial charge on any atom is -0.454 e. The molecule has 4 amide bonds. The number of hydrogen-bond donors (Lipinski definition) is 3. The number of imide groups is 1. The molecule has 0 unspecified atom stereocenters. The maximum atomic E-state index is 12.1. The van der Waals surface area contributed by atoms with Gasteiger partial charge in [-0.1, -0.05) is 36.4 Å². The van der Waals surface area contributed by atoms with Crippen molar-refractivity contribution in [3.63, 3.8) is 0 Å². The molecule has 0 radical (unpaired) electrons. The highest BCUT2D eigenvalue weighted by atomic mass is 16.5. The number of fused-ring (bicyclic) bond motifs is 1. The molecule has 0 aliphatic carbocycles. The number of nitrogens with one attached hydrogen (secondary N) is 3. The van der Waals surface area contributed by atoms with Gasteiger partial charge in [-0.25, -0.2) is 4.79 Å². The van der Waals surface area contributed by atoms with Crippen LogP contribution in [0, 0.1) is 0 Å². The highest BCUT2D eigenvalue weighted by Gasteiger charge is 2.12. The van der Waals surface area contributed by atoms with E-state index in [1.165, 1.54) is 6.08 Å². The second kappa shape index (κ2) is 9.71. The quantitative estimate of drug-likeness (QED) is 0.500. The van der Waals surface area contributed by atoms with Crippen molar-refractivity contribution in [1.82, 2.24) is 16.0 Å². The number of carbonyl (C=O) groups is 4. The third-order valence-corrected chi connectivity index (χ3v) is 3.43. The molecule has 0 spiro atoms. The van der Waals surface area contributed by atoms with E-state index in [1.54, 1.807) is 12.1 Å². The van der Waals surface area contributed by atoms with E-state index in [0.29, 0.717) is 5.56 Å². The summed E-state index contributed by atoms with van der Waals surface area (Å²) in [5, 5.41) is 8.63. The topological polar surface area (TPSA) is 114 Å². The minimum absolute atomic E-state index is 0.194. The average molecular weight is 369 g/mol. The summed E-state index contributed by atoms with van der Waals surface area (Å²) in [5.74, 6) is -2.03. The number of carbonyl (C=O) groups excluding carboxylic acids is 4. The molecule has 27 heavy (non-hydrogen) atoms. The zero-order chi connectivity index (χ0) is 19.6. The van der Waals surface area contributed by atoms with E-state index in [2.05, 4.69) is 17.2 Å². The van der Waals surface area contributed by atoms with Crippen molar-refractivity contribution in [2.45, 2.75) is 0 Å². The molecule has 2 rings (SSSR count). The van der Waals surface area contributed by atoms with Crippen molar-refractivity contribution in [3.8, 4) is 0 Å². The van der Waals surface area contributed by atoms with Crippen molar-refractivity contribution in [1.29, 1.82) is 0 Å². The van der Waals surface area contributed by atoms with Crippen LogP contribution < -0.4 is 16.0 Å².